The first kappa shape index (κ1) is 22.5. The number of anilines is 1. The van der Waals surface area contributed by atoms with Crippen molar-refractivity contribution in [2.45, 2.75) is 32.0 Å². The summed E-state index contributed by atoms with van der Waals surface area (Å²) in [7, 11) is 0. The van der Waals surface area contributed by atoms with E-state index in [2.05, 4.69) is 25.8 Å². The molecule has 0 fully saturated rings. The first-order valence-electron chi connectivity index (χ1n) is 10.5. The molecule has 0 unspecified atom stereocenters. The highest BCUT2D eigenvalue weighted by Crippen LogP contribution is 2.21. The molecule has 8 nitrogen and oxygen atoms in total. The number of hydrogen-bond acceptors (Lipinski definition) is 6. The molecule has 4 rings (SSSR count). The number of aryl methyl sites for hydroxylation is 2. The number of hydrogen-bond donors (Lipinski definition) is 2. The van der Waals surface area contributed by atoms with Crippen LogP contribution < -0.4 is 10.6 Å². The predicted molar refractivity (Wildman–Crippen MR) is 128 cm³/mol. The van der Waals surface area contributed by atoms with Gasteiger partial charge in [-0.15, -0.1) is 10.2 Å². The smallest absolute Gasteiger partial charge is 0.256 e. The van der Waals surface area contributed by atoms with Crippen LogP contribution in [0.25, 0.3) is 5.78 Å². The number of fused-ring (bicyclic) bond motifs is 1. The normalized spacial score (nSPS) is 11.8. The predicted octanol–water partition coefficient (Wildman–Crippen LogP) is 3.96. The fourth-order valence-electron chi connectivity index (χ4n) is 3.50. The number of carbonyl (C=O) groups excluding carboxylic acids is 2. The van der Waals surface area contributed by atoms with E-state index >= 15 is 0 Å². The van der Waals surface area contributed by atoms with Gasteiger partial charge in [-0.05, 0) is 44.5 Å². The maximum Gasteiger partial charge on any atom is 0.256 e. The minimum atomic E-state index is -0.254. The third-order valence-corrected chi connectivity index (χ3v) is 6.02. The van der Waals surface area contributed by atoms with Crippen molar-refractivity contribution in [3.8, 4) is 0 Å². The molecular formula is C24H24N6O2S. The van der Waals surface area contributed by atoms with Crippen molar-refractivity contribution < 1.29 is 9.59 Å². The summed E-state index contributed by atoms with van der Waals surface area (Å²) < 4.78 is 1.82. The third-order valence-electron chi connectivity index (χ3n) is 5.09. The first-order valence-corrected chi connectivity index (χ1v) is 11.5. The Morgan fingerprint density at radius 1 is 1.03 bits per heavy atom. The van der Waals surface area contributed by atoms with Gasteiger partial charge in [-0.1, -0.05) is 54.2 Å². The molecule has 4 aromatic rings. The quantitative estimate of drug-likeness (QED) is 0.405. The Labute approximate surface area is 195 Å². The molecule has 2 heterocycles. The highest BCUT2D eigenvalue weighted by molar-refractivity contribution is 7.99. The molecule has 0 spiro atoms. The molecule has 0 saturated carbocycles. The Balaban J connectivity index is 1.42. The summed E-state index contributed by atoms with van der Waals surface area (Å²) in [5, 5.41) is 14.7. The van der Waals surface area contributed by atoms with Gasteiger partial charge in [-0.3, -0.25) is 14.0 Å². The lowest BCUT2D eigenvalue weighted by Gasteiger charge is -2.16. The van der Waals surface area contributed by atoms with E-state index in [9.17, 15) is 9.59 Å². The van der Waals surface area contributed by atoms with Crippen molar-refractivity contribution in [3.05, 3.63) is 83.2 Å². The van der Waals surface area contributed by atoms with Crippen LogP contribution in [0.3, 0.4) is 0 Å². The van der Waals surface area contributed by atoms with Crippen LogP contribution >= 0.6 is 11.8 Å². The fourth-order valence-corrected chi connectivity index (χ4v) is 4.29. The van der Waals surface area contributed by atoms with Gasteiger partial charge in [0.15, 0.2) is 5.16 Å². The second kappa shape index (κ2) is 9.83. The van der Waals surface area contributed by atoms with Gasteiger partial charge in [0.25, 0.3) is 11.7 Å². The van der Waals surface area contributed by atoms with Crippen molar-refractivity contribution in [3.63, 3.8) is 0 Å². The summed E-state index contributed by atoms with van der Waals surface area (Å²) in [6, 6.07) is 18.4. The Kier molecular flexibility index (Phi) is 6.69. The second-order valence-electron chi connectivity index (χ2n) is 7.65. The maximum atomic E-state index is 12.9. The fraction of sp³-hybridized carbons (Fsp3) is 0.208. The van der Waals surface area contributed by atoms with E-state index in [1.807, 2.05) is 61.6 Å². The molecule has 0 bridgehead atoms. The zero-order chi connectivity index (χ0) is 23.4. The van der Waals surface area contributed by atoms with Gasteiger partial charge in [0.05, 0.1) is 23.0 Å². The maximum absolute atomic E-state index is 12.9. The largest absolute Gasteiger partial charge is 0.345 e. The summed E-state index contributed by atoms with van der Waals surface area (Å²) in [5.74, 6) is 0.121. The lowest BCUT2D eigenvalue weighted by Crippen LogP contribution is -2.28. The van der Waals surface area contributed by atoms with Crippen LogP contribution in [0.1, 0.15) is 40.3 Å². The topological polar surface area (TPSA) is 101 Å². The number of para-hydroxylation sites is 1. The number of nitrogens with zero attached hydrogens (tertiary/aromatic N) is 4. The van der Waals surface area contributed by atoms with Crippen LogP contribution in [0, 0.1) is 13.8 Å². The molecule has 0 aliphatic heterocycles. The molecule has 2 amide bonds. The molecule has 0 radical (unpaired) electrons. The Morgan fingerprint density at radius 3 is 2.55 bits per heavy atom. The number of carbonyl (C=O) groups is 2. The monoisotopic (exact) mass is 460 g/mol. The zero-order valence-corrected chi connectivity index (χ0v) is 19.4. The van der Waals surface area contributed by atoms with Gasteiger partial charge in [-0.2, -0.15) is 0 Å². The molecule has 0 aliphatic rings. The molecule has 0 saturated heterocycles. The summed E-state index contributed by atoms with van der Waals surface area (Å²) in [6.45, 7) is 5.77. The number of nitrogens with one attached hydrogen (secondary N) is 2. The number of thioether (sulfide) groups is 1. The highest BCUT2D eigenvalue weighted by atomic mass is 32.2. The summed E-state index contributed by atoms with van der Waals surface area (Å²) in [6.07, 6.45) is 0. The third kappa shape index (κ3) is 5.20. The van der Waals surface area contributed by atoms with E-state index in [1.165, 1.54) is 11.8 Å². The lowest BCUT2D eigenvalue weighted by molar-refractivity contribution is -0.113. The average Bonchev–Trinajstić information content (AvgIpc) is 3.21. The van der Waals surface area contributed by atoms with Crippen molar-refractivity contribution >= 4 is 35.0 Å². The molecule has 33 heavy (non-hydrogen) atoms. The van der Waals surface area contributed by atoms with E-state index in [0.717, 1.165) is 17.0 Å². The minimum absolute atomic E-state index is 0.116. The van der Waals surface area contributed by atoms with Crippen LogP contribution in [0.5, 0.6) is 0 Å². The minimum Gasteiger partial charge on any atom is -0.345 e. The number of benzene rings is 2. The van der Waals surface area contributed by atoms with E-state index < -0.39 is 0 Å². The molecular weight excluding hydrogens is 436 g/mol. The lowest BCUT2D eigenvalue weighted by atomic mass is 10.1. The Bertz CT molecular complexity index is 1310. The van der Waals surface area contributed by atoms with E-state index in [4.69, 9.17) is 0 Å². The Morgan fingerprint density at radius 2 is 1.76 bits per heavy atom. The standard InChI is InChI=1S/C24H24N6O2S/c1-15-13-16(2)30-23(25-15)28-29-24(30)33-14-21(31)27-20-12-8-7-11-19(20)22(32)26-17(3)18-9-5-4-6-10-18/h4-13,17H,14H2,1-3H3,(H,26,32)(H,27,31)/t17-/m1/s1. The Hall–Kier alpha value is -3.72. The summed E-state index contributed by atoms with van der Waals surface area (Å²) >= 11 is 1.26. The van der Waals surface area contributed by atoms with Gasteiger partial charge in [0, 0.05) is 11.4 Å². The van der Waals surface area contributed by atoms with Gasteiger partial charge < -0.3 is 10.6 Å². The summed E-state index contributed by atoms with van der Waals surface area (Å²) in [4.78, 5) is 29.9. The highest BCUT2D eigenvalue weighted by Gasteiger charge is 2.17. The molecule has 2 N–H and O–H groups in total. The van der Waals surface area contributed by atoms with Crippen LogP contribution in [-0.4, -0.2) is 37.1 Å². The van der Waals surface area contributed by atoms with Gasteiger partial charge >= 0.3 is 0 Å². The zero-order valence-electron chi connectivity index (χ0n) is 18.6. The number of amides is 2. The van der Waals surface area contributed by atoms with Crippen molar-refractivity contribution in [2.75, 3.05) is 11.1 Å². The van der Waals surface area contributed by atoms with Crippen molar-refractivity contribution in [1.82, 2.24) is 24.9 Å². The first-order chi connectivity index (χ1) is 15.9. The number of aromatic nitrogens is 4. The molecule has 2 aromatic heterocycles. The van der Waals surface area contributed by atoms with Crippen LogP contribution in [0.15, 0.2) is 65.8 Å². The average molecular weight is 461 g/mol. The number of rotatable bonds is 7. The molecule has 2 aromatic carbocycles. The van der Waals surface area contributed by atoms with E-state index in [0.29, 0.717) is 22.2 Å². The molecule has 9 heteroatoms. The van der Waals surface area contributed by atoms with Crippen LogP contribution in [0.4, 0.5) is 5.69 Å². The molecule has 168 valence electrons. The van der Waals surface area contributed by atoms with Crippen LogP contribution in [-0.2, 0) is 4.79 Å². The second-order valence-corrected chi connectivity index (χ2v) is 8.59. The molecule has 1 atom stereocenters. The van der Waals surface area contributed by atoms with E-state index in [-0.39, 0.29) is 23.6 Å². The van der Waals surface area contributed by atoms with Gasteiger partial charge in [0.1, 0.15) is 0 Å². The SMILES string of the molecule is Cc1cc(C)n2c(SCC(=O)Nc3ccccc3C(=O)N[C@H](C)c3ccccc3)nnc2n1. The van der Waals surface area contributed by atoms with Crippen molar-refractivity contribution in [2.24, 2.45) is 0 Å². The van der Waals surface area contributed by atoms with E-state index in [1.54, 1.807) is 24.3 Å². The molecule has 0 aliphatic carbocycles. The van der Waals surface area contributed by atoms with Crippen LogP contribution in [0.2, 0.25) is 0 Å². The van der Waals surface area contributed by atoms with Crippen molar-refractivity contribution in [1.29, 1.82) is 0 Å². The summed E-state index contributed by atoms with van der Waals surface area (Å²) in [5.41, 5.74) is 3.67. The van der Waals surface area contributed by atoms with Gasteiger partial charge in [-0.25, -0.2) is 4.98 Å². The van der Waals surface area contributed by atoms with Gasteiger partial charge in [0.2, 0.25) is 5.91 Å².